The van der Waals surface area contributed by atoms with Crippen LogP contribution in [0.1, 0.15) is 19.8 Å². The molecule has 1 aromatic rings. The van der Waals surface area contributed by atoms with Crippen LogP contribution in [0.25, 0.3) is 0 Å². The average molecular weight is 297 g/mol. The zero-order valence-corrected chi connectivity index (χ0v) is 11.9. The summed E-state index contributed by atoms with van der Waals surface area (Å²) in [5.74, 6) is -0.683. The summed E-state index contributed by atoms with van der Waals surface area (Å²) in [6.07, 6.45) is 2.49. The third kappa shape index (κ3) is 3.25. The van der Waals surface area contributed by atoms with Gasteiger partial charge in [-0.2, -0.15) is 0 Å². The first kappa shape index (κ1) is 14.7. The minimum absolute atomic E-state index is 0.125. The van der Waals surface area contributed by atoms with Gasteiger partial charge >= 0.3 is 0 Å². The number of carbonyl (C=O) groups excluding carboxylic acids is 1. The number of hydrogen-bond acceptors (Lipinski definition) is 3. The molecule has 20 heavy (non-hydrogen) atoms. The van der Waals surface area contributed by atoms with Gasteiger partial charge in [0, 0.05) is 17.5 Å². The first-order valence-corrected chi connectivity index (χ1v) is 8.13. The summed E-state index contributed by atoms with van der Waals surface area (Å²) in [6.45, 7) is 1.88. The van der Waals surface area contributed by atoms with Gasteiger partial charge in [-0.05, 0) is 36.8 Å². The normalized spacial score (nSPS) is 20.0. The second-order valence-electron chi connectivity index (χ2n) is 4.72. The maximum atomic E-state index is 13.0. The first-order chi connectivity index (χ1) is 9.43. The van der Waals surface area contributed by atoms with Crippen molar-refractivity contribution in [2.24, 2.45) is 0 Å². The van der Waals surface area contributed by atoms with Crippen LogP contribution in [0.2, 0.25) is 0 Å². The minimum Gasteiger partial charge on any atom is -0.304 e. The summed E-state index contributed by atoms with van der Waals surface area (Å²) in [5, 5.41) is 1.13. The predicted molar refractivity (Wildman–Crippen MR) is 75.5 cm³/mol. The summed E-state index contributed by atoms with van der Waals surface area (Å²) >= 11 is 0. The van der Waals surface area contributed by atoms with E-state index in [0.717, 1.165) is 5.41 Å². The van der Waals surface area contributed by atoms with Crippen molar-refractivity contribution in [2.75, 3.05) is 10.7 Å². The van der Waals surface area contributed by atoms with Gasteiger partial charge in [0.2, 0.25) is 5.91 Å². The minimum atomic E-state index is -3.25. The summed E-state index contributed by atoms with van der Waals surface area (Å²) in [4.78, 5) is 13.7. The van der Waals surface area contributed by atoms with E-state index in [2.05, 4.69) is 0 Å². The smallest absolute Gasteiger partial charge is 0.227 e. The highest BCUT2D eigenvalue weighted by molar-refractivity contribution is 7.94. The van der Waals surface area contributed by atoms with Crippen LogP contribution < -0.4 is 4.90 Å². The predicted octanol–water partition coefficient (Wildman–Crippen LogP) is 2.27. The second-order valence-corrected chi connectivity index (χ2v) is 6.65. The molecule has 0 saturated heterocycles. The Morgan fingerprint density at radius 2 is 2.00 bits per heavy atom. The Balaban J connectivity index is 2.33. The Bertz CT molecular complexity index is 622. The van der Waals surface area contributed by atoms with Crippen LogP contribution in [-0.2, 0) is 14.6 Å². The highest BCUT2D eigenvalue weighted by Gasteiger charge is 2.30. The van der Waals surface area contributed by atoms with Crippen LogP contribution in [0.3, 0.4) is 0 Å². The molecule has 6 heteroatoms. The highest BCUT2D eigenvalue weighted by Crippen LogP contribution is 2.24. The van der Waals surface area contributed by atoms with Crippen LogP contribution in [0.4, 0.5) is 10.1 Å². The molecule has 0 radical (unpaired) electrons. The molecule has 0 aliphatic carbocycles. The van der Waals surface area contributed by atoms with Crippen molar-refractivity contribution in [3.8, 4) is 0 Å². The van der Waals surface area contributed by atoms with Crippen LogP contribution in [0, 0.1) is 5.82 Å². The van der Waals surface area contributed by atoms with Crippen LogP contribution in [-0.4, -0.2) is 26.1 Å². The van der Waals surface area contributed by atoms with E-state index in [4.69, 9.17) is 0 Å². The molecule has 4 nitrogen and oxygen atoms in total. The van der Waals surface area contributed by atoms with Gasteiger partial charge in [0.15, 0.2) is 9.84 Å². The fraction of sp³-hybridized carbons (Fsp3) is 0.357. The number of anilines is 1. The number of carbonyl (C=O) groups is 1. The molecule has 0 fully saturated rings. The average Bonchev–Trinajstić information content (AvgIpc) is 2.73. The first-order valence-electron chi connectivity index (χ1n) is 6.41. The molecule has 1 aliphatic rings. The van der Waals surface area contributed by atoms with Gasteiger partial charge in [0.1, 0.15) is 5.82 Å². The van der Waals surface area contributed by atoms with E-state index >= 15 is 0 Å². The number of hydrogen-bond donors (Lipinski definition) is 0. The largest absolute Gasteiger partial charge is 0.304 e. The summed E-state index contributed by atoms with van der Waals surface area (Å²) < 4.78 is 36.0. The Labute approximate surface area is 117 Å². The molecule has 1 aromatic carbocycles. The molecule has 0 saturated carbocycles. The van der Waals surface area contributed by atoms with E-state index in [1.165, 1.54) is 35.2 Å². The highest BCUT2D eigenvalue weighted by atomic mass is 32.2. The van der Waals surface area contributed by atoms with E-state index in [0.29, 0.717) is 18.5 Å². The van der Waals surface area contributed by atoms with Crippen molar-refractivity contribution < 1.29 is 17.6 Å². The maximum absolute atomic E-state index is 13.0. The lowest BCUT2D eigenvalue weighted by atomic mass is 10.2. The fourth-order valence-corrected chi connectivity index (χ4v) is 3.44. The number of benzene rings is 1. The molecule has 1 aliphatic heterocycles. The van der Waals surface area contributed by atoms with Gasteiger partial charge in [0.25, 0.3) is 0 Å². The van der Waals surface area contributed by atoms with Crippen molar-refractivity contribution in [3.63, 3.8) is 0 Å². The number of amides is 1. The molecule has 0 bridgehead atoms. The molecule has 1 amide bonds. The Morgan fingerprint density at radius 3 is 2.50 bits per heavy atom. The molecule has 2 rings (SSSR count). The molecule has 0 N–H and O–H groups in total. The maximum Gasteiger partial charge on any atom is 0.227 e. The zero-order chi connectivity index (χ0) is 14.8. The monoisotopic (exact) mass is 297 g/mol. The summed E-state index contributed by atoms with van der Waals surface area (Å²) in [6, 6.07) is 4.97. The van der Waals surface area contributed by atoms with Gasteiger partial charge in [-0.1, -0.05) is 6.92 Å². The summed E-state index contributed by atoms with van der Waals surface area (Å²) in [7, 11) is -3.25. The summed E-state index contributed by atoms with van der Waals surface area (Å²) in [5.41, 5.74) is 0.511. The van der Waals surface area contributed by atoms with Crippen LogP contribution in [0.5, 0.6) is 0 Å². The van der Waals surface area contributed by atoms with Gasteiger partial charge < -0.3 is 4.90 Å². The SMILES string of the molecule is CCCC(=O)N(c1ccc(F)cc1)[C@H]1C=CS(=O)(=O)C1. The van der Waals surface area contributed by atoms with Gasteiger partial charge in [0.05, 0.1) is 11.8 Å². The van der Waals surface area contributed by atoms with Crippen molar-refractivity contribution in [1.29, 1.82) is 0 Å². The van der Waals surface area contributed by atoms with E-state index in [1.54, 1.807) is 0 Å². The molecule has 1 heterocycles. The number of nitrogens with zero attached hydrogens (tertiary/aromatic N) is 1. The number of halogens is 1. The van der Waals surface area contributed by atoms with Crippen molar-refractivity contribution in [3.05, 3.63) is 41.6 Å². The Morgan fingerprint density at radius 1 is 1.35 bits per heavy atom. The third-order valence-corrected chi connectivity index (χ3v) is 4.46. The van der Waals surface area contributed by atoms with E-state index in [9.17, 15) is 17.6 Å². The lowest BCUT2D eigenvalue weighted by molar-refractivity contribution is -0.118. The molecule has 108 valence electrons. The van der Waals surface area contributed by atoms with Gasteiger partial charge in [-0.3, -0.25) is 4.79 Å². The molecule has 0 spiro atoms. The van der Waals surface area contributed by atoms with Crippen LogP contribution >= 0.6 is 0 Å². The lowest BCUT2D eigenvalue weighted by Crippen LogP contribution is -2.41. The van der Waals surface area contributed by atoms with Gasteiger partial charge in [-0.25, -0.2) is 12.8 Å². The zero-order valence-electron chi connectivity index (χ0n) is 11.1. The molecule has 1 atom stereocenters. The Hall–Kier alpha value is -1.69. The topological polar surface area (TPSA) is 54.5 Å². The fourth-order valence-electron chi connectivity index (χ4n) is 2.18. The van der Waals surface area contributed by atoms with Crippen molar-refractivity contribution in [2.45, 2.75) is 25.8 Å². The number of rotatable bonds is 4. The number of sulfone groups is 1. The third-order valence-electron chi connectivity index (χ3n) is 3.08. The standard InChI is InChI=1S/C14H16FNO3S/c1-2-3-14(17)16(12-6-4-11(15)5-7-12)13-8-9-20(18,19)10-13/h4-9,13H,2-3,10H2,1H3/t13-/m0/s1. The molecular weight excluding hydrogens is 281 g/mol. The molecule has 0 unspecified atom stereocenters. The van der Waals surface area contributed by atoms with Crippen molar-refractivity contribution >= 4 is 21.4 Å². The van der Waals surface area contributed by atoms with Crippen molar-refractivity contribution in [1.82, 2.24) is 0 Å². The lowest BCUT2D eigenvalue weighted by Gasteiger charge is -2.27. The Kier molecular flexibility index (Phi) is 4.23. The van der Waals surface area contributed by atoms with E-state index < -0.39 is 21.7 Å². The van der Waals surface area contributed by atoms with E-state index in [1.807, 2.05) is 6.92 Å². The van der Waals surface area contributed by atoms with Gasteiger partial charge in [-0.15, -0.1) is 0 Å². The quantitative estimate of drug-likeness (QED) is 0.856. The van der Waals surface area contributed by atoms with E-state index in [-0.39, 0.29) is 11.7 Å². The second kappa shape index (κ2) is 5.75. The molecular formula is C14H16FNO3S. The van der Waals surface area contributed by atoms with Crippen LogP contribution in [0.15, 0.2) is 35.7 Å². The molecule has 0 aromatic heterocycles.